The molecule has 1 saturated carbocycles. The van der Waals surface area contributed by atoms with Crippen LogP contribution in [-0.2, 0) is 9.53 Å². The summed E-state index contributed by atoms with van der Waals surface area (Å²) >= 11 is 0. The second-order valence-electron chi connectivity index (χ2n) is 4.40. The van der Waals surface area contributed by atoms with Gasteiger partial charge in [0.25, 0.3) is 0 Å². The molecule has 90 valence electrons. The van der Waals surface area contributed by atoms with Gasteiger partial charge in [0.2, 0.25) is 6.79 Å². The van der Waals surface area contributed by atoms with E-state index < -0.39 is 5.54 Å². The number of nitrogens with two attached hydrogens (primary N) is 1. The lowest BCUT2D eigenvalue weighted by Crippen LogP contribution is -2.35. The number of fused-ring (bicyclic) bond motifs is 1. The van der Waals surface area contributed by atoms with Gasteiger partial charge in [-0.1, -0.05) is 6.07 Å². The summed E-state index contributed by atoms with van der Waals surface area (Å²) in [6, 6.07) is 5.63. The van der Waals surface area contributed by atoms with Gasteiger partial charge in [0.1, 0.15) is 5.54 Å². The maximum atomic E-state index is 11.5. The fourth-order valence-electron chi connectivity index (χ4n) is 2.24. The van der Waals surface area contributed by atoms with E-state index in [1.54, 1.807) is 0 Å². The van der Waals surface area contributed by atoms with Crippen LogP contribution < -0.4 is 15.2 Å². The van der Waals surface area contributed by atoms with Crippen LogP contribution in [0.3, 0.4) is 0 Å². The lowest BCUT2D eigenvalue weighted by molar-refractivity contribution is -0.143. The molecule has 1 fully saturated rings. The predicted octanol–water partition coefficient (Wildman–Crippen LogP) is 0.773. The van der Waals surface area contributed by atoms with Crippen LogP contribution in [0.1, 0.15) is 17.9 Å². The first-order chi connectivity index (χ1) is 8.15. The van der Waals surface area contributed by atoms with E-state index in [0.29, 0.717) is 12.2 Å². The van der Waals surface area contributed by atoms with Crippen LogP contribution in [0, 0.1) is 0 Å². The summed E-state index contributed by atoms with van der Waals surface area (Å²) in [7, 11) is 1.35. The molecule has 0 amide bonds. The molecule has 5 heteroatoms. The Balaban J connectivity index is 1.86. The molecule has 2 aliphatic rings. The summed E-state index contributed by atoms with van der Waals surface area (Å²) in [5.41, 5.74) is 6.09. The zero-order chi connectivity index (χ0) is 12.0. The number of methoxy groups -OCH3 is 1. The SMILES string of the molecule is COC(=O)C1(N)CC1c1ccc2c(c1)OCO2. The molecule has 2 atom stereocenters. The number of rotatable bonds is 2. The Kier molecular flexibility index (Phi) is 2.06. The van der Waals surface area contributed by atoms with Gasteiger partial charge in [0, 0.05) is 5.92 Å². The largest absolute Gasteiger partial charge is 0.468 e. The Bertz CT molecular complexity index is 487. The molecule has 1 aromatic rings. The molecule has 1 aromatic carbocycles. The second kappa shape index (κ2) is 3.37. The van der Waals surface area contributed by atoms with E-state index in [9.17, 15) is 4.79 Å². The van der Waals surface area contributed by atoms with Gasteiger partial charge in [-0.25, -0.2) is 0 Å². The molecular formula is C12H13NO4. The van der Waals surface area contributed by atoms with Gasteiger partial charge >= 0.3 is 5.97 Å². The summed E-state index contributed by atoms with van der Waals surface area (Å²) in [5, 5.41) is 0. The van der Waals surface area contributed by atoms with Crippen molar-refractivity contribution in [3.8, 4) is 11.5 Å². The molecule has 2 unspecified atom stereocenters. The van der Waals surface area contributed by atoms with Crippen molar-refractivity contribution < 1.29 is 19.0 Å². The average Bonchev–Trinajstić information content (AvgIpc) is 2.85. The summed E-state index contributed by atoms with van der Waals surface area (Å²) in [6.45, 7) is 0.244. The molecule has 0 aromatic heterocycles. The van der Waals surface area contributed by atoms with Crippen LogP contribution in [0.15, 0.2) is 18.2 Å². The first-order valence-corrected chi connectivity index (χ1v) is 5.42. The molecular weight excluding hydrogens is 222 g/mol. The van der Waals surface area contributed by atoms with Crippen molar-refractivity contribution in [1.29, 1.82) is 0 Å². The Hall–Kier alpha value is -1.75. The van der Waals surface area contributed by atoms with E-state index in [2.05, 4.69) is 0 Å². The van der Waals surface area contributed by atoms with E-state index in [1.165, 1.54) is 7.11 Å². The van der Waals surface area contributed by atoms with Gasteiger partial charge in [0.15, 0.2) is 11.5 Å². The Morgan fingerprint density at radius 2 is 2.24 bits per heavy atom. The maximum Gasteiger partial charge on any atom is 0.326 e. The normalized spacial score (nSPS) is 28.9. The van der Waals surface area contributed by atoms with Gasteiger partial charge in [-0.05, 0) is 24.1 Å². The lowest BCUT2D eigenvalue weighted by Gasteiger charge is -2.09. The summed E-state index contributed by atoms with van der Waals surface area (Å²) in [6.07, 6.45) is 0.610. The fourth-order valence-corrected chi connectivity index (χ4v) is 2.24. The summed E-state index contributed by atoms with van der Waals surface area (Å²) in [4.78, 5) is 11.5. The number of carbonyl (C=O) groups excluding carboxylic acids is 1. The molecule has 1 aliphatic heterocycles. The van der Waals surface area contributed by atoms with E-state index in [0.717, 1.165) is 11.3 Å². The minimum absolute atomic E-state index is 0.00412. The van der Waals surface area contributed by atoms with Crippen molar-refractivity contribution in [2.75, 3.05) is 13.9 Å². The molecule has 1 aliphatic carbocycles. The molecule has 0 radical (unpaired) electrons. The first kappa shape index (κ1) is 10.4. The van der Waals surface area contributed by atoms with Crippen LogP contribution in [0.2, 0.25) is 0 Å². The topological polar surface area (TPSA) is 70.8 Å². The van der Waals surface area contributed by atoms with Crippen LogP contribution in [0.25, 0.3) is 0 Å². The van der Waals surface area contributed by atoms with Crippen LogP contribution >= 0.6 is 0 Å². The van der Waals surface area contributed by atoms with Crippen molar-refractivity contribution in [2.45, 2.75) is 17.9 Å². The van der Waals surface area contributed by atoms with Gasteiger partial charge in [0.05, 0.1) is 7.11 Å². The van der Waals surface area contributed by atoms with Gasteiger partial charge in [-0.2, -0.15) is 0 Å². The smallest absolute Gasteiger partial charge is 0.326 e. The van der Waals surface area contributed by atoms with Crippen molar-refractivity contribution in [3.63, 3.8) is 0 Å². The number of hydrogen-bond donors (Lipinski definition) is 1. The number of benzene rings is 1. The molecule has 3 rings (SSSR count). The second-order valence-corrected chi connectivity index (χ2v) is 4.40. The molecule has 0 spiro atoms. The minimum Gasteiger partial charge on any atom is -0.468 e. The third-order valence-electron chi connectivity index (χ3n) is 3.37. The van der Waals surface area contributed by atoms with E-state index in [4.69, 9.17) is 19.9 Å². The number of hydrogen-bond acceptors (Lipinski definition) is 5. The third kappa shape index (κ3) is 1.46. The third-order valence-corrected chi connectivity index (χ3v) is 3.37. The summed E-state index contributed by atoms with van der Waals surface area (Å²) < 4.78 is 15.2. The van der Waals surface area contributed by atoms with Crippen molar-refractivity contribution >= 4 is 5.97 Å². The van der Waals surface area contributed by atoms with Crippen molar-refractivity contribution in [1.82, 2.24) is 0 Å². The fraction of sp³-hybridized carbons (Fsp3) is 0.417. The van der Waals surface area contributed by atoms with Crippen LogP contribution in [0.5, 0.6) is 11.5 Å². The molecule has 2 N–H and O–H groups in total. The molecule has 1 heterocycles. The quantitative estimate of drug-likeness (QED) is 0.767. The number of ether oxygens (including phenoxy) is 3. The van der Waals surface area contributed by atoms with Gasteiger partial charge in [-0.15, -0.1) is 0 Å². The van der Waals surface area contributed by atoms with Crippen LogP contribution in [0.4, 0.5) is 0 Å². The zero-order valence-electron chi connectivity index (χ0n) is 9.43. The predicted molar refractivity (Wildman–Crippen MR) is 58.9 cm³/mol. The number of carbonyl (C=O) groups is 1. The minimum atomic E-state index is -0.873. The Morgan fingerprint density at radius 1 is 1.47 bits per heavy atom. The maximum absolute atomic E-state index is 11.5. The number of esters is 1. The zero-order valence-corrected chi connectivity index (χ0v) is 9.43. The van der Waals surface area contributed by atoms with E-state index in [-0.39, 0.29) is 18.7 Å². The highest BCUT2D eigenvalue weighted by atomic mass is 16.7. The highest BCUT2D eigenvalue weighted by Gasteiger charge is 2.59. The Morgan fingerprint density at radius 3 is 3.00 bits per heavy atom. The molecule has 0 saturated heterocycles. The molecule has 17 heavy (non-hydrogen) atoms. The first-order valence-electron chi connectivity index (χ1n) is 5.42. The molecule has 0 bridgehead atoms. The highest BCUT2D eigenvalue weighted by Crippen LogP contribution is 2.51. The molecule has 5 nitrogen and oxygen atoms in total. The highest BCUT2D eigenvalue weighted by molar-refractivity contribution is 5.86. The lowest BCUT2D eigenvalue weighted by atomic mass is 10.1. The summed E-state index contributed by atoms with van der Waals surface area (Å²) in [5.74, 6) is 1.08. The monoisotopic (exact) mass is 235 g/mol. The van der Waals surface area contributed by atoms with Gasteiger partial charge < -0.3 is 19.9 Å². The van der Waals surface area contributed by atoms with Crippen molar-refractivity contribution in [3.05, 3.63) is 23.8 Å². The van der Waals surface area contributed by atoms with E-state index in [1.807, 2.05) is 18.2 Å². The van der Waals surface area contributed by atoms with E-state index >= 15 is 0 Å². The van der Waals surface area contributed by atoms with Gasteiger partial charge in [-0.3, -0.25) is 4.79 Å². The standard InChI is InChI=1S/C12H13NO4/c1-15-11(14)12(13)5-8(12)7-2-3-9-10(4-7)17-6-16-9/h2-4,8H,5-6,13H2,1H3. The average molecular weight is 235 g/mol. The van der Waals surface area contributed by atoms with Crippen molar-refractivity contribution in [2.24, 2.45) is 5.73 Å². The van der Waals surface area contributed by atoms with Crippen LogP contribution in [-0.4, -0.2) is 25.4 Å². The Labute approximate surface area is 98.5 Å².